The highest BCUT2D eigenvalue weighted by molar-refractivity contribution is 6.00. The fourth-order valence-electron chi connectivity index (χ4n) is 2.58. The monoisotopic (exact) mass is 247 g/mol. The number of hydrogen-bond donors (Lipinski definition) is 2. The second-order valence-electron chi connectivity index (χ2n) is 5.10. The van der Waals surface area contributed by atoms with Gasteiger partial charge in [0.1, 0.15) is 5.84 Å². The molecule has 1 aliphatic rings. The normalized spacial score (nSPS) is 20.0. The fourth-order valence-corrected chi connectivity index (χ4v) is 2.58. The smallest absolute Gasteiger partial charge is 0.125 e. The summed E-state index contributed by atoms with van der Waals surface area (Å²) in [5, 5.41) is 7.60. The van der Waals surface area contributed by atoms with Gasteiger partial charge in [-0.25, -0.2) is 0 Å². The Bertz CT molecular complexity index is 431. The minimum Gasteiger partial charge on any atom is -0.384 e. The number of nitrogen functional groups attached to an aromatic ring is 1. The molecule has 1 saturated heterocycles. The summed E-state index contributed by atoms with van der Waals surface area (Å²) in [5.74, 6) is 0.780. The maximum Gasteiger partial charge on any atom is 0.125 e. The average molecular weight is 247 g/mol. The number of anilines is 1. The third kappa shape index (κ3) is 2.79. The average Bonchev–Trinajstić information content (AvgIpc) is 2.74. The van der Waals surface area contributed by atoms with E-state index in [0.29, 0.717) is 5.92 Å². The molecule has 2 heterocycles. The number of nitrogens with one attached hydrogen (secondary N) is 1. The molecule has 1 unspecified atom stereocenters. The third-order valence-electron chi connectivity index (χ3n) is 3.52. The lowest BCUT2D eigenvalue weighted by Gasteiger charge is -2.24. The Morgan fingerprint density at radius 3 is 3.06 bits per heavy atom. The maximum absolute atomic E-state index is 7.60. The van der Waals surface area contributed by atoms with Crippen LogP contribution in [0.2, 0.25) is 0 Å². The first-order valence-electron chi connectivity index (χ1n) is 6.26. The van der Waals surface area contributed by atoms with Crippen molar-refractivity contribution in [2.24, 2.45) is 11.7 Å². The van der Waals surface area contributed by atoms with Crippen LogP contribution in [0.4, 0.5) is 5.69 Å². The van der Waals surface area contributed by atoms with Crippen molar-refractivity contribution in [2.45, 2.75) is 6.42 Å². The van der Waals surface area contributed by atoms with Crippen molar-refractivity contribution < 1.29 is 0 Å². The summed E-state index contributed by atoms with van der Waals surface area (Å²) >= 11 is 0. The Morgan fingerprint density at radius 1 is 1.67 bits per heavy atom. The number of pyridine rings is 1. The Kier molecular flexibility index (Phi) is 3.81. The van der Waals surface area contributed by atoms with Crippen molar-refractivity contribution in [2.75, 3.05) is 38.6 Å². The van der Waals surface area contributed by atoms with Gasteiger partial charge in [0.15, 0.2) is 0 Å². The van der Waals surface area contributed by atoms with Gasteiger partial charge in [0.25, 0.3) is 0 Å². The molecule has 0 saturated carbocycles. The molecule has 18 heavy (non-hydrogen) atoms. The van der Waals surface area contributed by atoms with E-state index in [-0.39, 0.29) is 5.84 Å². The predicted octanol–water partition coefficient (Wildman–Crippen LogP) is 0.754. The number of nitrogens with zero attached hydrogens (tertiary/aromatic N) is 3. The molecule has 98 valence electrons. The summed E-state index contributed by atoms with van der Waals surface area (Å²) in [6, 6.07) is 1.80. The van der Waals surface area contributed by atoms with E-state index in [0.717, 1.165) is 24.3 Å². The van der Waals surface area contributed by atoms with Crippen LogP contribution in [0.3, 0.4) is 0 Å². The summed E-state index contributed by atoms with van der Waals surface area (Å²) in [4.78, 5) is 8.65. The summed E-state index contributed by atoms with van der Waals surface area (Å²) in [6.45, 7) is 3.29. The summed E-state index contributed by atoms with van der Waals surface area (Å²) in [6.07, 6.45) is 4.70. The van der Waals surface area contributed by atoms with Gasteiger partial charge in [-0.15, -0.1) is 0 Å². The standard InChI is InChI=1S/C13H21N5/c1-17-6-4-10(8-17)9-18(2)12-7-16-5-3-11(12)13(14)15/h3,5,7,10H,4,6,8-9H2,1-2H3,(H3,14,15). The molecule has 3 N–H and O–H groups in total. The lowest BCUT2D eigenvalue weighted by Crippen LogP contribution is -2.29. The van der Waals surface area contributed by atoms with Gasteiger partial charge in [0.2, 0.25) is 0 Å². The van der Waals surface area contributed by atoms with Crippen LogP contribution in [0.1, 0.15) is 12.0 Å². The van der Waals surface area contributed by atoms with Gasteiger partial charge < -0.3 is 15.5 Å². The summed E-state index contributed by atoms with van der Waals surface area (Å²) < 4.78 is 0. The zero-order chi connectivity index (χ0) is 13.1. The zero-order valence-electron chi connectivity index (χ0n) is 11.1. The first-order valence-corrected chi connectivity index (χ1v) is 6.26. The van der Waals surface area contributed by atoms with E-state index in [1.807, 2.05) is 7.05 Å². The van der Waals surface area contributed by atoms with Crippen LogP contribution in [-0.4, -0.2) is 49.4 Å². The molecule has 1 aromatic heterocycles. The molecule has 0 spiro atoms. The van der Waals surface area contributed by atoms with Gasteiger partial charge in [-0.05, 0) is 32.0 Å². The molecule has 1 aromatic rings. The van der Waals surface area contributed by atoms with Crippen LogP contribution in [0, 0.1) is 11.3 Å². The minimum absolute atomic E-state index is 0.0998. The van der Waals surface area contributed by atoms with E-state index in [1.54, 1.807) is 18.5 Å². The van der Waals surface area contributed by atoms with E-state index in [4.69, 9.17) is 11.1 Å². The lowest BCUT2D eigenvalue weighted by molar-refractivity contribution is 0.396. The number of hydrogen-bond acceptors (Lipinski definition) is 4. The minimum atomic E-state index is 0.0998. The van der Waals surface area contributed by atoms with Crippen molar-refractivity contribution in [3.63, 3.8) is 0 Å². The van der Waals surface area contributed by atoms with Crippen LogP contribution in [0.5, 0.6) is 0 Å². The van der Waals surface area contributed by atoms with Gasteiger partial charge in [-0.1, -0.05) is 0 Å². The van der Waals surface area contributed by atoms with Crippen molar-refractivity contribution in [1.82, 2.24) is 9.88 Å². The number of nitrogens with two attached hydrogens (primary N) is 1. The molecule has 5 heteroatoms. The highest BCUT2D eigenvalue weighted by Gasteiger charge is 2.21. The highest BCUT2D eigenvalue weighted by Crippen LogP contribution is 2.21. The molecular formula is C13H21N5. The molecule has 0 aliphatic carbocycles. The second-order valence-corrected chi connectivity index (χ2v) is 5.10. The van der Waals surface area contributed by atoms with Gasteiger partial charge in [0, 0.05) is 31.9 Å². The number of aromatic nitrogens is 1. The Morgan fingerprint density at radius 2 is 2.44 bits per heavy atom. The fraction of sp³-hybridized carbons (Fsp3) is 0.538. The first kappa shape index (κ1) is 12.8. The SMILES string of the molecule is CN1CCC(CN(C)c2cnccc2C(=N)N)C1. The van der Waals surface area contributed by atoms with Crippen LogP contribution in [0.25, 0.3) is 0 Å². The van der Waals surface area contributed by atoms with E-state index in [1.165, 1.54) is 13.0 Å². The van der Waals surface area contributed by atoms with Crippen LogP contribution >= 0.6 is 0 Å². The maximum atomic E-state index is 7.60. The van der Waals surface area contributed by atoms with Crippen molar-refractivity contribution in [3.05, 3.63) is 24.0 Å². The Labute approximate surface area is 108 Å². The molecule has 5 nitrogen and oxygen atoms in total. The first-order chi connectivity index (χ1) is 8.58. The Hall–Kier alpha value is -1.62. The third-order valence-corrected chi connectivity index (χ3v) is 3.52. The molecule has 2 rings (SSSR count). The largest absolute Gasteiger partial charge is 0.384 e. The van der Waals surface area contributed by atoms with Gasteiger partial charge in [-0.2, -0.15) is 0 Å². The molecule has 1 atom stereocenters. The topological polar surface area (TPSA) is 69.2 Å². The quantitative estimate of drug-likeness (QED) is 0.608. The lowest BCUT2D eigenvalue weighted by atomic mass is 10.1. The number of likely N-dealkylation sites (tertiary alicyclic amines) is 1. The summed E-state index contributed by atoms with van der Waals surface area (Å²) in [7, 11) is 4.20. The van der Waals surface area contributed by atoms with Crippen molar-refractivity contribution in [3.8, 4) is 0 Å². The number of amidine groups is 1. The highest BCUT2D eigenvalue weighted by atomic mass is 15.2. The van der Waals surface area contributed by atoms with Crippen molar-refractivity contribution in [1.29, 1.82) is 5.41 Å². The van der Waals surface area contributed by atoms with E-state index in [9.17, 15) is 0 Å². The van der Waals surface area contributed by atoms with Crippen LogP contribution in [0.15, 0.2) is 18.5 Å². The molecule has 0 aromatic carbocycles. The molecular weight excluding hydrogens is 226 g/mol. The van der Waals surface area contributed by atoms with Crippen LogP contribution in [-0.2, 0) is 0 Å². The molecule has 0 amide bonds. The predicted molar refractivity (Wildman–Crippen MR) is 74.1 cm³/mol. The molecule has 1 aliphatic heterocycles. The molecule has 0 bridgehead atoms. The molecule has 0 radical (unpaired) electrons. The van der Waals surface area contributed by atoms with E-state index >= 15 is 0 Å². The van der Waals surface area contributed by atoms with Crippen molar-refractivity contribution >= 4 is 11.5 Å². The Balaban J connectivity index is 2.09. The number of rotatable bonds is 4. The molecule has 1 fully saturated rings. The second kappa shape index (κ2) is 5.35. The van der Waals surface area contributed by atoms with Gasteiger partial charge in [0.05, 0.1) is 11.9 Å². The summed E-state index contributed by atoms with van der Waals surface area (Å²) in [5.41, 5.74) is 7.31. The van der Waals surface area contributed by atoms with Crippen LogP contribution < -0.4 is 10.6 Å². The zero-order valence-corrected chi connectivity index (χ0v) is 11.1. The van der Waals surface area contributed by atoms with Gasteiger partial charge >= 0.3 is 0 Å². The van der Waals surface area contributed by atoms with E-state index < -0.39 is 0 Å². The van der Waals surface area contributed by atoms with Gasteiger partial charge in [-0.3, -0.25) is 10.4 Å². The van der Waals surface area contributed by atoms with E-state index in [2.05, 4.69) is 21.8 Å².